The number of alkyl halides is 3. The van der Waals surface area contributed by atoms with Crippen molar-refractivity contribution in [1.82, 2.24) is 10.3 Å². The molecule has 0 aromatic rings. The first-order valence-electron chi connectivity index (χ1n) is 5.60. The third-order valence-corrected chi connectivity index (χ3v) is 2.38. The summed E-state index contributed by atoms with van der Waals surface area (Å²) in [5, 5.41) is 0. The van der Waals surface area contributed by atoms with Crippen molar-refractivity contribution in [2.75, 3.05) is 20.1 Å². The number of halogens is 3. The first-order valence-corrected chi connectivity index (χ1v) is 5.60. The van der Waals surface area contributed by atoms with Crippen LogP contribution in [0.3, 0.4) is 0 Å². The highest BCUT2D eigenvalue weighted by Gasteiger charge is 2.26. The molecule has 0 heterocycles. The third-order valence-electron chi connectivity index (χ3n) is 2.38. The summed E-state index contributed by atoms with van der Waals surface area (Å²) in [7, 11) is 1.67. The zero-order chi connectivity index (χ0) is 13.3. The summed E-state index contributed by atoms with van der Waals surface area (Å²) in [4.78, 5) is 12.4. The van der Waals surface area contributed by atoms with E-state index in [1.54, 1.807) is 11.9 Å². The molecule has 0 spiro atoms. The lowest BCUT2D eigenvalue weighted by Crippen LogP contribution is -2.29. The van der Waals surface area contributed by atoms with E-state index < -0.39 is 12.6 Å². The van der Waals surface area contributed by atoms with Crippen molar-refractivity contribution < 1.29 is 18.0 Å². The van der Waals surface area contributed by atoms with E-state index in [0.29, 0.717) is 19.4 Å². The monoisotopic (exact) mass is 255 g/mol. The van der Waals surface area contributed by atoms with Gasteiger partial charge < -0.3 is 4.90 Å². The van der Waals surface area contributed by atoms with Crippen molar-refractivity contribution in [3.05, 3.63) is 0 Å². The van der Waals surface area contributed by atoms with Crippen molar-refractivity contribution in [1.29, 1.82) is 0 Å². The number of hydrazine groups is 1. The molecule has 0 saturated carbocycles. The Kier molecular flexibility index (Phi) is 7.90. The van der Waals surface area contributed by atoms with Crippen LogP contribution in [0.1, 0.15) is 32.1 Å². The lowest BCUT2D eigenvalue weighted by Gasteiger charge is -2.17. The summed E-state index contributed by atoms with van der Waals surface area (Å²) in [5.41, 5.74) is 2.03. The van der Waals surface area contributed by atoms with E-state index in [1.165, 1.54) is 0 Å². The Bertz CT molecular complexity index is 221. The Morgan fingerprint density at radius 2 is 1.88 bits per heavy atom. The van der Waals surface area contributed by atoms with Gasteiger partial charge in [-0.2, -0.15) is 13.2 Å². The molecule has 0 aliphatic carbocycles. The minimum absolute atomic E-state index is 0.0206. The molecule has 0 radical (unpaired) electrons. The van der Waals surface area contributed by atoms with Gasteiger partial charge in [0.15, 0.2) is 0 Å². The normalized spacial score (nSPS) is 11.9. The van der Waals surface area contributed by atoms with Crippen LogP contribution in [0.15, 0.2) is 0 Å². The van der Waals surface area contributed by atoms with E-state index in [4.69, 9.17) is 5.84 Å². The van der Waals surface area contributed by atoms with Crippen LogP contribution in [-0.2, 0) is 4.79 Å². The van der Waals surface area contributed by atoms with Gasteiger partial charge in [-0.15, -0.1) is 0 Å². The number of hydrogen-bond acceptors (Lipinski definition) is 3. The maximum Gasteiger partial charge on any atom is 0.390 e. The van der Waals surface area contributed by atoms with E-state index in [1.807, 2.05) is 5.43 Å². The molecule has 7 heteroatoms. The molecular weight excluding hydrogens is 235 g/mol. The van der Waals surface area contributed by atoms with Gasteiger partial charge in [-0.3, -0.25) is 10.2 Å². The summed E-state index contributed by atoms with van der Waals surface area (Å²) in [6, 6.07) is 0. The van der Waals surface area contributed by atoms with Crippen molar-refractivity contribution in [2.24, 2.45) is 5.84 Å². The van der Waals surface area contributed by atoms with Gasteiger partial charge in [-0.05, 0) is 26.4 Å². The van der Waals surface area contributed by atoms with Crippen molar-refractivity contribution in [3.8, 4) is 0 Å². The molecule has 3 N–H and O–H groups in total. The van der Waals surface area contributed by atoms with E-state index in [0.717, 1.165) is 12.8 Å². The van der Waals surface area contributed by atoms with Crippen LogP contribution in [0.4, 0.5) is 13.2 Å². The number of hydrogen-bond donors (Lipinski definition) is 2. The average molecular weight is 255 g/mol. The summed E-state index contributed by atoms with van der Waals surface area (Å²) >= 11 is 0. The number of nitrogens with two attached hydrogens (primary N) is 1. The number of rotatable bonds is 8. The molecule has 1 amide bonds. The molecular formula is C10H20F3N3O. The van der Waals surface area contributed by atoms with E-state index in [-0.39, 0.29) is 12.5 Å². The second-order valence-corrected chi connectivity index (χ2v) is 4.05. The Hall–Kier alpha value is -0.820. The minimum atomic E-state index is -4.09. The van der Waals surface area contributed by atoms with Crippen LogP contribution in [0, 0.1) is 0 Å². The van der Waals surface area contributed by atoms with Crippen LogP contribution < -0.4 is 11.3 Å². The zero-order valence-corrected chi connectivity index (χ0v) is 10.0. The van der Waals surface area contributed by atoms with Gasteiger partial charge in [0, 0.05) is 13.0 Å². The first kappa shape index (κ1) is 16.2. The fourth-order valence-electron chi connectivity index (χ4n) is 1.35. The van der Waals surface area contributed by atoms with Crippen LogP contribution in [0.5, 0.6) is 0 Å². The molecule has 4 nitrogen and oxygen atoms in total. The number of nitrogens with zero attached hydrogens (tertiary/aromatic N) is 1. The maximum absolute atomic E-state index is 11.9. The molecule has 0 unspecified atom stereocenters. The Labute approximate surface area is 99.3 Å². The van der Waals surface area contributed by atoms with E-state index in [2.05, 4.69) is 0 Å². The number of nitrogens with one attached hydrogen (secondary N) is 1. The average Bonchev–Trinajstić information content (AvgIpc) is 2.24. The summed E-state index contributed by atoms with van der Waals surface area (Å²) < 4.78 is 35.7. The number of amides is 1. The summed E-state index contributed by atoms with van der Waals surface area (Å²) in [6.07, 6.45) is -2.21. The Balaban J connectivity index is 3.39. The van der Waals surface area contributed by atoms with Gasteiger partial charge in [0.1, 0.15) is 0 Å². The third kappa shape index (κ3) is 11.4. The maximum atomic E-state index is 11.9. The van der Waals surface area contributed by atoms with Gasteiger partial charge in [0.25, 0.3) is 0 Å². The van der Waals surface area contributed by atoms with E-state index in [9.17, 15) is 18.0 Å². The summed E-state index contributed by atoms with van der Waals surface area (Å²) in [6.45, 7) is 0.632. The lowest BCUT2D eigenvalue weighted by molar-refractivity contribution is -0.137. The second kappa shape index (κ2) is 8.30. The van der Waals surface area contributed by atoms with Crippen LogP contribution >= 0.6 is 0 Å². The predicted octanol–water partition coefficient (Wildman–Crippen LogP) is 1.42. The largest absolute Gasteiger partial charge is 0.390 e. The quantitative estimate of drug-likeness (QED) is 0.298. The molecule has 0 aliphatic heterocycles. The summed E-state index contributed by atoms with van der Waals surface area (Å²) in [5.74, 6) is 4.69. The van der Waals surface area contributed by atoms with Crippen LogP contribution in [0.25, 0.3) is 0 Å². The highest BCUT2D eigenvalue weighted by Crippen LogP contribution is 2.19. The van der Waals surface area contributed by atoms with Crippen LogP contribution in [-0.4, -0.2) is 37.1 Å². The highest BCUT2D eigenvalue weighted by molar-refractivity contribution is 5.74. The number of carbonyl (C=O) groups excluding carboxylic acids is 1. The Morgan fingerprint density at radius 3 is 2.41 bits per heavy atom. The first-order chi connectivity index (χ1) is 7.85. The molecule has 0 saturated heterocycles. The minimum Gasteiger partial charge on any atom is -0.306 e. The fraction of sp³-hybridized carbons (Fsp3) is 0.900. The van der Waals surface area contributed by atoms with Crippen molar-refractivity contribution in [2.45, 2.75) is 38.3 Å². The van der Waals surface area contributed by atoms with Gasteiger partial charge >= 0.3 is 6.18 Å². The molecule has 0 aromatic heterocycles. The fourth-order valence-corrected chi connectivity index (χ4v) is 1.35. The second-order valence-electron chi connectivity index (χ2n) is 4.05. The molecule has 0 atom stereocenters. The molecule has 17 heavy (non-hydrogen) atoms. The number of unbranched alkanes of at least 4 members (excludes halogenated alkanes) is 2. The molecule has 0 rings (SSSR count). The SMILES string of the molecule is CN(CCCCCC(=O)NN)CCC(F)(F)F. The van der Waals surface area contributed by atoms with Crippen molar-refractivity contribution in [3.63, 3.8) is 0 Å². The molecule has 0 fully saturated rings. The molecule has 0 bridgehead atoms. The van der Waals surface area contributed by atoms with E-state index >= 15 is 0 Å². The zero-order valence-electron chi connectivity index (χ0n) is 10.0. The van der Waals surface area contributed by atoms with Gasteiger partial charge in [0.05, 0.1) is 6.42 Å². The standard InChI is InChI=1S/C10H20F3N3O/c1-16(8-6-10(11,12)13)7-4-2-3-5-9(17)15-14/h2-8,14H2,1H3,(H,15,17). The topological polar surface area (TPSA) is 58.4 Å². The highest BCUT2D eigenvalue weighted by atomic mass is 19.4. The smallest absolute Gasteiger partial charge is 0.306 e. The van der Waals surface area contributed by atoms with Gasteiger partial charge in [-0.1, -0.05) is 6.42 Å². The molecule has 0 aliphatic rings. The predicted molar refractivity (Wildman–Crippen MR) is 59.0 cm³/mol. The lowest BCUT2D eigenvalue weighted by atomic mass is 10.2. The van der Waals surface area contributed by atoms with Crippen LogP contribution in [0.2, 0.25) is 0 Å². The molecule has 0 aromatic carbocycles. The van der Waals surface area contributed by atoms with Gasteiger partial charge in [-0.25, -0.2) is 5.84 Å². The molecule has 102 valence electrons. The van der Waals surface area contributed by atoms with Gasteiger partial charge in [0.2, 0.25) is 5.91 Å². The van der Waals surface area contributed by atoms with Crippen molar-refractivity contribution >= 4 is 5.91 Å². The number of carbonyl (C=O) groups is 1. The Morgan fingerprint density at radius 1 is 1.24 bits per heavy atom.